The third-order valence-electron chi connectivity index (χ3n) is 5.04. The summed E-state index contributed by atoms with van der Waals surface area (Å²) in [6, 6.07) is 0.780. The van der Waals surface area contributed by atoms with Gasteiger partial charge in [0.2, 0.25) is 0 Å². The first kappa shape index (κ1) is 11.0. The quantitative estimate of drug-likeness (QED) is 0.770. The van der Waals surface area contributed by atoms with Gasteiger partial charge in [-0.25, -0.2) is 0 Å². The number of piperidine rings is 1. The molecule has 0 radical (unpaired) electrons. The molecule has 0 spiro atoms. The zero-order valence-corrected chi connectivity index (χ0v) is 10.6. The fraction of sp³-hybridized carbons (Fsp3) is 1.00. The second kappa shape index (κ2) is 4.66. The van der Waals surface area contributed by atoms with Crippen LogP contribution in [0.1, 0.15) is 39.0 Å². The highest BCUT2D eigenvalue weighted by molar-refractivity contribution is 4.90. The molecule has 3 aliphatic rings. The van der Waals surface area contributed by atoms with Crippen LogP contribution < -0.4 is 5.32 Å². The van der Waals surface area contributed by atoms with Crippen LogP contribution >= 0.6 is 0 Å². The van der Waals surface area contributed by atoms with Crippen molar-refractivity contribution in [1.29, 1.82) is 0 Å². The van der Waals surface area contributed by atoms with Crippen molar-refractivity contribution in [2.75, 3.05) is 26.2 Å². The third kappa shape index (κ3) is 2.28. The maximum Gasteiger partial charge on any atom is 0.0197 e. The van der Waals surface area contributed by atoms with Gasteiger partial charge in [0.15, 0.2) is 0 Å². The minimum atomic E-state index is 0.780. The highest BCUT2D eigenvalue weighted by atomic mass is 15.2. The van der Waals surface area contributed by atoms with E-state index in [-0.39, 0.29) is 0 Å². The highest BCUT2D eigenvalue weighted by Crippen LogP contribution is 2.37. The van der Waals surface area contributed by atoms with Gasteiger partial charge in [-0.1, -0.05) is 13.3 Å². The SMILES string of the molecule is CC1CCNC(CN2CC3CCCC3C2)C1. The average Bonchev–Trinajstić information content (AvgIpc) is 2.77. The van der Waals surface area contributed by atoms with E-state index in [4.69, 9.17) is 0 Å². The number of fused-ring (bicyclic) bond motifs is 1. The highest BCUT2D eigenvalue weighted by Gasteiger charge is 2.36. The summed E-state index contributed by atoms with van der Waals surface area (Å²) in [5.41, 5.74) is 0. The Morgan fingerprint density at radius 1 is 1.12 bits per heavy atom. The molecule has 0 aromatic rings. The van der Waals surface area contributed by atoms with Crippen LogP contribution in [0.15, 0.2) is 0 Å². The molecule has 2 saturated heterocycles. The van der Waals surface area contributed by atoms with Crippen molar-refractivity contribution in [3.63, 3.8) is 0 Å². The van der Waals surface area contributed by atoms with Gasteiger partial charge in [0, 0.05) is 25.7 Å². The van der Waals surface area contributed by atoms with Crippen LogP contribution in [0.3, 0.4) is 0 Å². The summed E-state index contributed by atoms with van der Waals surface area (Å²) in [6.07, 6.45) is 7.29. The third-order valence-corrected chi connectivity index (χ3v) is 5.04. The molecule has 0 aromatic carbocycles. The molecule has 2 heterocycles. The summed E-state index contributed by atoms with van der Waals surface area (Å²) < 4.78 is 0. The number of rotatable bonds is 2. The first-order valence-corrected chi connectivity index (χ1v) is 7.27. The molecular formula is C14H26N2. The topological polar surface area (TPSA) is 15.3 Å². The lowest BCUT2D eigenvalue weighted by Gasteiger charge is -2.31. The number of nitrogens with zero attached hydrogens (tertiary/aromatic N) is 1. The second-order valence-corrected chi connectivity index (χ2v) is 6.45. The maximum absolute atomic E-state index is 3.70. The maximum atomic E-state index is 3.70. The van der Waals surface area contributed by atoms with Crippen molar-refractivity contribution in [3.8, 4) is 0 Å². The molecule has 4 unspecified atom stereocenters. The first-order chi connectivity index (χ1) is 7.81. The first-order valence-electron chi connectivity index (χ1n) is 7.27. The monoisotopic (exact) mass is 222 g/mol. The summed E-state index contributed by atoms with van der Waals surface area (Å²) in [7, 11) is 0. The number of hydrogen-bond acceptors (Lipinski definition) is 2. The Bertz CT molecular complexity index is 229. The lowest BCUT2D eigenvalue weighted by Crippen LogP contribution is -2.45. The zero-order chi connectivity index (χ0) is 11.0. The van der Waals surface area contributed by atoms with Crippen molar-refractivity contribution in [1.82, 2.24) is 10.2 Å². The molecule has 0 amide bonds. The summed E-state index contributed by atoms with van der Waals surface area (Å²) in [4.78, 5) is 2.74. The van der Waals surface area contributed by atoms with Crippen LogP contribution in [0.25, 0.3) is 0 Å². The predicted molar refractivity (Wildman–Crippen MR) is 67.5 cm³/mol. The summed E-state index contributed by atoms with van der Waals surface area (Å²) in [5.74, 6) is 3.05. The smallest absolute Gasteiger partial charge is 0.0197 e. The second-order valence-electron chi connectivity index (χ2n) is 6.45. The Balaban J connectivity index is 1.48. The number of nitrogens with one attached hydrogen (secondary N) is 1. The molecular weight excluding hydrogens is 196 g/mol. The molecule has 1 saturated carbocycles. The van der Waals surface area contributed by atoms with E-state index < -0.39 is 0 Å². The van der Waals surface area contributed by atoms with Crippen molar-refractivity contribution < 1.29 is 0 Å². The van der Waals surface area contributed by atoms with Crippen LogP contribution in [0.4, 0.5) is 0 Å². The Hall–Kier alpha value is -0.0800. The molecule has 3 rings (SSSR count). The molecule has 0 bridgehead atoms. The molecule has 1 aliphatic carbocycles. The van der Waals surface area contributed by atoms with E-state index in [0.717, 1.165) is 23.8 Å². The van der Waals surface area contributed by atoms with Crippen LogP contribution in [-0.4, -0.2) is 37.1 Å². The molecule has 16 heavy (non-hydrogen) atoms. The fourth-order valence-electron chi connectivity index (χ4n) is 4.15. The van der Waals surface area contributed by atoms with Gasteiger partial charge in [-0.15, -0.1) is 0 Å². The van der Waals surface area contributed by atoms with Gasteiger partial charge in [0.1, 0.15) is 0 Å². The van der Waals surface area contributed by atoms with Crippen molar-refractivity contribution in [3.05, 3.63) is 0 Å². The van der Waals surface area contributed by atoms with Crippen molar-refractivity contribution in [2.45, 2.75) is 45.1 Å². The summed E-state index contributed by atoms with van der Waals surface area (Å²) in [6.45, 7) is 7.77. The van der Waals surface area contributed by atoms with Gasteiger partial charge in [0.25, 0.3) is 0 Å². The predicted octanol–water partition coefficient (Wildman–Crippen LogP) is 2.11. The summed E-state index contributed by atoms with van der Waals surface area (Å²) >= 11 is 0. The van der Waals surface area contributed by atoms with E-state index >= 15 is 0 Å². The number of hydrogen-bond donors (Lipinski definition) is 1. The molecule has 2 heteroatoms. The van der Waals surface area contributed by atoms with Gasteiger partial charge in [0.05, 0.1) is 0 Å². The van der Waals surface area contributed by atoms with Crippen molar-refractivity contribution >= 4 is 0 Å². The van der Waals surface area contributed by atoms with Crippen LogP contribution in [-0.2, 0) is 0 Å². The molecule has 2 aliphatic heterocycles. The molecule has 3 fully saturated rings. The molecule has 0 aromatic heterocycles. The van der Waals surface area contributed by atoms with Gasteiger partial charge < -0.3 is 10.2 Å². The van der Waals surface area contributed by atoms with E-state index in [1.807, 2.05) is 0 Å². The fourth-order valence-corrected chi connectivity index (χ4v) is 4.15. The van der Waals surface area contributed by atoms with Crippen LogP contribution in [0.5, 0.6) is 0 Å². The molecule has 1 N–H and O–H groups in total. The standard InChI is InChI=1S/C14H26N2/c1-11-5-6-15-14(7-11)10-16-8-12-3-2-4-13(12)9-16/h11-15H,2-10H2,1H3. The zero-order valence-electron chi connectivity index (χ0n) is 10.6. The Morgan fingerprint density at radius 3 is 2.56 bits per heavy atom. The largest absolute Gasteiger partial charge is 0.313 e. The van der Waals surface area contributed by atoms with Gasteiger partial charge in [-0.3, -0.25) is 0 Å². The van der Waals surface area contributed by atoms with E-state index in [9.17, 15) is 0 Å². The Morgan fingerprint density at radius 2 is 1.88 bits per heavy atom. The minimum absolute atomic E-state index is 0.780. The van der Waals surface area contributed by atoms with E-state index in [1.165, 1.54) is 58.3 Å². The van der Waals surface area contributed by atoms with Crippen molar-refractivity contribution in [2.24, 2.45) is 17.8 Å². The molecule has 2 nitrogen and oxygen atoms in total. The van der Waals surface area contributed by atoms with Gasteiger partial charge in [-0.2, -0.15) is 0 Å². The lowest BCUT2D eigenvalue weighted by atomic mass is 9.94. The van der Waals surface area contributed by atoms with Crippen LogP contribution in [0, 0.1) is 17.8 Å². The van der Waals surface area contributed by atoms with E-state index in [0.29, 0.717) is 0 Å². The normalized spacial score (nSPS) is 44.8. The van der Waals surface area contributed by atoms with E-state index in [2.05, 4.69) is 17.1 Å². The molecule has 4 atom stereocenters. The lowest BCUT2D eigenvalue weighted by molar-refractivity contribution is 0.225. The van der Waals surface area contributed by atoms with Gasteiger partial charge >= 0.3 is 0 Å². The van der Waals surface area contributed by atoms with E-state index in [1.54, 1.807) is 0 Å². The Labute approximate surface area is 99.8 Å². The number of likely N-dealkylation sites (tertiary alicyclic amines) is 1. The Kier molecular flexibility index (Phi) is 3.21. The average molecular weight is 222 g/mol. The van der Waals surface area contributed by atoms with Gasteiger partial charge in [-0.05, 0) is 50.0 Å². The molecule has 92 valence electrons. The van der Waals surface area contributed by atoms with Crippen LogP contribution in [0.2, 0.25) is 0 Å². The minimum Gasteiger partial charge on any atom is -0.313 e. The summed E-state index contributed by atoms with van der Waals surface area (Å²) in [5, 5.41) is 3.70.